The molecule has 0 radical (unpaired) electrons. The lowest BCUT2D eigenvalue weighted by Gasteiger charge is -2.10. The Morgan fingerprint density at radius 1 is 1.27 bits per heavy atom. The maximum absolute atomic E-state index is 13.2. The molecule has 0 fully saturated rings. The van der Waals surface area contributed by atoms with E-state index in [1.165, 1.54) is 30.3 Å². The van der Waals surface area contributed by atoms with Gasteiger partial charge in [0.15, 0.2) is 11.0 Å². The summed E-state index contributed by atoms with van der Waals surface area (Å²) >= 11 is 13.1. The molecule has 33 heavy (non-hydrogen) atoms. The molecule has 0 aliphatic carbocycles. The zero-order valence-electron chi connectivity index (χ0n) is 16.8. The van der Waals surface area contributed by atoms with E-state index < -0.39 is 16.6 Å². The highest BCUT2D eigenvalue weighted by Gasteiger charge is 2.16. The van der Waals surface area contributed by atoms with Gasteiger partial charge in [-0.1, -0.05) is 41.0 Å². The van der Waals surface area contributed by atoms with Crippen LogP contribution in [-0.2, 0) is 17.9 Å². The number of allylic oxidation sites excluding steroid dienone is 1. The molecule has 172 valence electrons. The Labute approximate surface area is 201 Å². The average Bonchev–Trinajstić information content (AvgIpc) is 3.15. The number of nitrogens with one attached hydrogen (secondary N) is 1. The molecule has 9 nitrogen and oxygen atoms in total. The molecule has 0 aliphatic heterocycles. The number of nitro benzene ring substituents is 1. The van der Waals surface area contributed by atoms with Crippen molar-refractivity contribution in [2.24, 2.45) is 0 Å². The van der Waals surface area contributed by atoms with Crippen molar-refractivity contribution >= 4 is 52.2 Å². The van der Waals surface area contributed by atoms with E-state index in [1.807, 2.05) is 0 Å². The van der Waals surface area contributed by atoms with Gasteiger partial charge in [0, 0.05) is 18.7 Å². The first-order valence-corrected chi connectivity index (χ1v) is 11.0. The summed E-state index contributed by atoms with van der Waals surface area (Å²) < 4.78 is 20.5. The largest absolute Gasteiger partial charge is 0.484 e. The summed E-state index contributed by atoms with van der Waals surface area (Å²) in [6, 6.07) is 7.53. The van der Waals surface area contributed by atoms with Crippen LogP contribution in [0.5, 0.6) is 5.75 Å². The lowest BCUT2D eigenvalue weighted by atomic mass is 10.3. The van der Waals surface area contributed by atoms with E-state index in [4.69, 9.17) is 27.9 Å². The number of non-ortho nitro benzene ring substituents is 1. The first kappa shape index (κ1) is 24.5. The fourth-order valence-corrected chi connectivity index (χ4v) is 3.77. The topological polar surface area (TPSA) is 112 Å². The molecular weight excluding hydrogens is 496 g/mol. The number of amides is 1. The smallest absolute Gasteiger partial charge is 0.271 e. The summed E-state index contributed by atoms with van der Waals surface area (Å²) in [4.78, 5) is 22.7. The van der Waals surface area contributed by atoms with Crippen molar-refractivity contribution in [1.82, 2.24) is 14.8 Å². The molecule has 0 spiro atoms. The molecular formula is C20H16Cl2FN5O4S. The van der Waals surface area contributed by atoms with Crippen molar-refractivity contribution in [3.63, 3.8) is 0 Å². The van der Waals surface area contributed by atoms with Crippen LogP contribution in [0.1, 0.15) is 5.82 Å². The molecule has 1 heterocycles. The molecule has 1 aromatic heterocycles. The van der Waals surface area contributed by atoms with Crippen LogP contribution in [0.4, 0.5) is 15.8 Å². The number of rotatable bonds is 10. The van der Waals surface area contributed by atoms with Gasteiger partial charge in [-0.15, -0.1) is 16.8 Å². The van der Waals surface area contributed by atoms with Crippen molar-refractivity contribution in [3.05, 3.63) is 80.9 Å². The molecule has 0 aliphatic rings. The van der Waals surface area contributed by atoms with Crippen molar-refractivity contribution < 1.29 is 18.8 Å². The fourth-order valence-electron chi connectivity index (χ4n) is 2.62. The molecule has 0 saturated carbocycles. The molecule has 1 N–H and O–H groups in total. The summed E-state index contributed by atoms with van der Waals surface area (Å²) in [5, 5.41) is 22.4. The number of benzene rings is 2. The minimum atomic E-state index is -0.582. The van der Waals surface area contributed by atoms with Crippen molar-refractivity contribution in [3.8, 4) is 5.75 Å². The van der Waals surface area contributed by atoms with E-state index in [0.717, 1.165) is 17.8 Å². The number of anilines is 1. The van der Waals surface area contributed by atoms with E-state index in [2.05, 4.69) is 22.1 Å². The highest BCUT2D eigenvalue weighted by Crippen LogP contribution is 2.28. The molecule has 0 unspecified atom stereocenters. The van der Waals surface area contributed by atoms with E-state index in [-0.39, 0.29) is 39.5 Å². The number of carbonyl (C=O) groups is 1. The standard InChI is InChI=1S/C20H16Cl2FN5O4S/c1-2-7-27-18(10-32-17-6-3-12(23)8-15(17)22)25-26-20(27)33-11-19(29)24-16-9-13(28(30)31)4-5-14(16)21/h2-6,8-9H,1,7,10-11H2,(H,24,29). The van der Waals surface area contributed by atoms with Gasteiger partial charge in [-0.2, -0.15) is 0 Å². The van der Waals surface area contributed by atoms with Gasteiger partial charge >= 0.3 is 0 Å². The number of aromatic nitrogens is 3. The Morgan fingerprint density at radius 2 is 2.06 bits per heavy atom. The Bertz CT molecular complexity index is 1210. The Morgan fingerprint density at radius 3 is 2.76 bits per heavy atom. The maximum atomic E-state index is 13.2. The fraction of sp³-hybridized carbons (Fsp3) is 0.150. The predicted octanol–water partition coefficient (Wildman–Crippen LogP) is 5.13. The number of thioether (sulfide) groups is 1. The van der Waals surface area contributed by atoms with Crippen LogP contribution in [0.15, 0.2) is 54.2 Å². The van der Waals surface area contributed by atoms with Crippen LogP contribution in [-0.4, -0.2) is 31.3 Å². The van der Waals surface area contributed by atoms with Gasteiger partial charge in [0.1, 0.15) is 18.2 Å². The van der Waals surface area contributed by atoms with E-state index in [1.54, 1.807) is 10.6 Å². The van der Waals surface area contributed by atoms with Crippen LogP contribution in [0.3, 0.4) is 0 Å². The molecule has 0 saturated heterocycles. The zero-order valence-corrected chi connectivity index (χ0v) is 19.2. The van der Waals surface area contributed by atoms with Crippen LogP contribution in [0.25, 0.3) is 0 Å². The molecule has 3 aromatic rings. The van der Waals surface area contributed by atoms with Gasteiger partial charge in [-0.25, -0.2) is 4.39 Å². The van der Waals surface area contributed by atoms with Gasteiger partial charge in [0.25, 0.3) is 5.69 Å². The third-order valence-corrected chi connectivity index (χ3v) is 5.71. The number of carbonyl (C=O) groups excluding carboxylic acids is 1. The van der Waals surface area contributed by atoms with Crippen LogP contribution < -0.4 is 10.1 Å². The normalized spacial score (nSPS) is 10.6. The maximum Gasteiger partial charge on any atom is 0.271 e. The third-order valence-electron chi connectivity index (χ3n) is 4.12. The summed E-state index contributed by atoms with van der Waals surface area (Å²) in [5.41, 5.74) is -0.0618. The molecule has 2 aromatic carbocycles. The van der Waals surface area contributed by atoms with Gasteiger partial charge < -0.3 is 10.1 Å². The minimum Gasteiger partial charge on any atom is -0.484 e. The molecule has 0 bridgehead atoms. The third kappa shape index (κ3) is 6.44. The highest BCUT2D eigenvalue weighted by atomic mass is 35.5. The van der Waals surface area contributed by atoms with Gasteiger partial charge in [-0.3, -0.25) is 19.5 Å². The van der Waals surface area contributed by atoms with E-state index in [9.17, 15) is 19.3 Å². The number of hydrogen-bond donors (Lipinski definition) is 1. The second-order valence-corrected chi connectivity index (χ2v) is 8.18. The second kappa shape index (κ2) is 11.1. The average molecular weight is 512 g/mol. The number of halogens is 3. The highest BCUT2D eigenvalue weighted by molar-refractivity contribution is 7.99. The molecule has 13 heteroatoms. The molecule has 3 rings (SSSR count). The van der Waals surface area contributed by atoms with Crippen LogP contribution in [0.2, 0.25) is 10.0 Å². The zero-order chi connectivity index (χ0) is 24.0. The minimum absolute atomic E-state index is 0.00222. The summed E-state index contributed by atoms with van der Waals surface area (Å²) in [5.74, 6) is -0.246. The number of hydrogen-bond acceptors (Lipinski definition) is 7. The second-order valence-electron chi connectivity index (χ2n) is 6.42. The summed E-state index contributed by atoms with van der Waals surface area (Å²) in [6.45, 7) is 4.06. The lowest BCUT2D eigenvalue weighted by Crippen LogP contribution is -2.15. The Hall–Kier alpha value is -3.15. The first-order valence-electron chi connectivity index (χ1n) is 9.26. The first-order chi connectivity index (χ1) is 15.8. The van der Waals surface area contributed by atoms with Crippen molar-refractivity contribution in [2.75, 3.05) is 11.1 Å². The molecule has 0 atom stereocenters. The van der Waals surface area contributed by atoms with E-state index in [0.29, 0.717) is 17.5 Å². The number of nitro groups is 1. The lowest BCUT2D eigenvalue weighted by molar-refractivity contribution is -0.384. The van der Waals surface area contributed by atoms with Crippen LogP contribution in [0, 0.1) is 15.9 Å². The summed E-state index contributed by atoms with van der Waals surface area (Å²) in [7, 11) is 0. The number of nitrogens with zero attached hydrogens (tertiary/aromatic N) is 4. The predicted molar refractivity (Wildman–Crippen MR) is 123 cm³/mol. The van der Waals surface area contributed by atoms with Gasteiger partial charge in [-0.05, 0) is 24.3 Å². The van der Waals surface area contributed by atoms with E-state index >= 15 is 0 Å². The molecule has 1 amide bonds. The van der Waals surface area contributed by atoms with Gasteiger partial charge in [0.05, 0.1) is 26.4 Å². The van der Waals surface area contributed by atoms with Crippen molar-refractivity contribution in [1.29, 1.82) is 0 Å². The van der Waals surface area contributed by atoms with Crippen molar-refractivity contribution in [2.45, 2.75) is 18.3 Å². The Balaban J connectivity index is 1.65. The monoisotopic (exact) mass is 511 g/mol. The quantitative estimate of drug-likeness (QED) is 0.174. The number of ether oxygens (including phenoxy) is 1. The Kier molecular flexibility index (Phi) is 8.26. The summed E-state index contributed by atoms with van der Waals surface area (Å²) in [6.07, 6.45) is 1.63. The SMILES string of the molecule is C=CCn1c(COc2ccc(F)cc2Cl)nnc1SCC(=O)Nc1cc([N+](=O)[O-])ccc1Cl. The van der Waals surface area contributed by atoms with Gasteiger partial charge in [0.2, 0.25) is 5.91 Å². The van der Waals surface area contributed by atoms with Crippen LogP contribution >= 0.6 is 35.0 Å².